The first-order chi connectivity index (χ1) is 13.1. The molecule has 0 spiro atoms. The van der Waals surface area contributed by atoms with Crippen LogP contribution in [-0.2, 0) is 25.7 Å². The van der Waals surface area contributed by atoms with E-state index < -0.39 is 29.6 Å². The van der Waals surface area contributed by atoms with Crippen molar-refractivity contribution in [2.24, 2.45) is 0 Å². The van der Waals surface area contributed by atoms with Crippen LogP contribution in [0.2, 0.25) is 0 Å². The number of ether oxygens (including phenoxy) is 1. The molecule has 0 radical (unpaired) electrons. The first-order valence-electron chi connectivity index (χ1n) is 9.33. The van der Waals surface area contributed by atoms with Crippen LogP contribution in [0.5, 0.6) is 0 Å². The topological polar surface area (TPSA) is 105 Å². The number of hydrogen-bond donors (Lipinski definition) is 2. The summed E-state index contributed by atoms with van der Waals surface area (Å²) >= 11 is 0. The van der Waals surface area contributed by atoms with Gasteiger partial charge in [-0.25, -0.2) is 4.79 Å². The molecule has 2 aliphatic rings. The molecule has 28 heavy (non-hydrogen) atoms. The molecule has 0 bridgehead atoms. The molecule has 8 nitrogen and oxygen atoms in total. The first kappa shape index (κ1) is 19.9. The number of nitrogens with one attached hydrogen (secondary N) is 2. The van der Waals surface area contributed by atoms with E-state index in [1.165, 1.54) is 4.90 Å². The number of esters is 1. The third-order valence-electron chi connectivity index (χ3n) is 4.71. The zero-order chi connectivity index (χ0) is 20.6. The molecule has 3 amide bonds. The molecule has 8 heteroatoms. The number of fused-ring (bicyclic) bond motifs is 1. The van der Waals surface area contributed by atoms with Crippen LogP contribution in [0.4, 0.5) is 5.69 Å². The number of carbonyl (C=O) groups is 4. The summed E-state index contributed by atoms with van der Waals surface area (Å²) in [4.78, 5) is 50.1. The summed E-state index contributed by atoms with van der Waals surface area (Å²) in [6, 6.07) is 3.95. The number of anilines is 1. The maximum atomic E-state index is 12.8. The van der Waals surface area contributed by atoms with Crippen molar-refractivity contribution in [1.29, 1.82) is 0 Å². The SMILES string of the molecule is CC(Nc1cccc2c1CN(C1CCC(=O)NC1=O)C2=O)C(=O)OC(C)(C)C. The number of carbonyl (C=O) groups excluding carboxylic acids is 4. The molecule has 2 aliphatic heterocycles. The van der Waals surface area contributed by atoms with Gasteiger partial charge in [0.1, 0.15) is 17.7 Å². The van der Waals surface area contributed by atoms with Gasteiger partial charge in [0, 0.05) is 29.8 Å². The highest BCUT2D eigenvalue weighted by Gasteiger charge is 2.40. The van der Waals surface area contributed by atoms with Gasteiger partial charge in [0.15, 0.2) is 0 Å². The van der Waals surface area contributed by atoms with Crippen molar-refractivity contribution in [2.45, 2.75) is 64.8 Å². The lowest BCUT2D eigenvalue weighted by Gasteiger charge is -2.29. The van der Waals surface area contributed by atoms with E-state index in [-0.39, 0.29) is 24.8 Å². The van der Waals surface area contributed by atoms with Gasteiger partial charge in [-0.2, -0.15) is 0 Å². The molecule has 1 aromatic rings. The van der Waals surface area contributed by atoms with Gasteiger partial charge >= 0.3 is 5.97 Å². The monoisotopic (exact) mass is 387 g/mol. The molecule has 1 fully saturated rings. The minimum Gasteiger partial charge on any atom is -0.458 e. The van der Waals surface area contributed by atoms with Crippen molar-refractivity contribution in [3.05, 3.63) is 29.3 Å². The number of amides is 3. The molecule has 0 saturated carbocycles. The zero-order valence-corrected chi connectivity index (χ0v) is 16.5. The summed E-state index contributed by atoms with van der Waals surface area (Å²) in [6.45, 7) is 7.34. The van der Waals surface area contributed by atoms with E-state index >= 15 is 0 Å². The fraction of sp³-hybridized carbons (Fsp3) is 0.500. The molecule has 3 rings (SSSR count). The number of imide groups is 1. The smallest absolute Gasteiger partial charge is 0.328 e. The number of rotatable bonds is 4. The van der Waals surface area contributed by atoms with Crippen LogP contribution in [0.25, 0.3) is 0 Å². The normalized spacial score (nSPS) is 20.5. The van der Waals surface area contributed by atoms with E-state index in [1.54, 1.807) is 45.9 Å². The van der Waals surface area contributed by atoms with E-state index in [9.17, 15) is 19.2 Å². The summed E-state index contributed by atoms with van der Waals surface area (Å²) in [5.41, 5.74) is 1.28. The molecule has 2 atom stereocenters. The minimum atomic E-state index is -0.672. The standard InChI is InChI=1S/C20H25N3O5/c1-11(19(27)28-20(2,3)4)21-14-7-5-6-12-13(14)10-23(18(12)26)15-8-9-16(24)22-17(15)25/h5-7,11,15,21H,8-10H2,1-4H3,(H,22,24,25). The van der Waals surface area contributed by atoms with Crippen LogP contribution < -0.4 is 10.6 Å². The molecular formula is C20H25N3O5. The second-order valence-corrected chi connectivity index (χ2v) is 8.13. The first-order valence-corrected chi connectivity index (χ1v) is 9.33. The quantitative estimate of drug-likeness (QED) is 0.601. The highest BCUT2D eigenvalue weighted by atomic mass is 16.6. The molecule has 150 valence electrons. The zero-order valence-electron chi connectivity index (χ0n) is 16.5. The van der Waals surface area contributed by atoms with Crippen LogP contribution >= 0.6 is 0 Å². The summed E-state index contributed by atoms with van der Waals surface area (Å²) < 4.78 is 5.39. The van der Waals surface area contributed by atoms with Gasteiger partial charge in [-0.3, -0.25) is 19.7 Å². The van der Waals surface area contributed by atoms with E-state index in [0.29, 0.717) is 17.7 Å². The highest BCUT2D eigenvalue weighted by Crippen LogP contribution is 2.32. The third kappa shape index (κ3) is 4.00. The number of hydrogen-bond acceptors (Lipinski definition) is 6. The van der Waals surface area contributed by atoms with Crippen molar-refractivity contribution in [3.63, 3.8) is 0 Å². The fourth-order valence-electron chi connectivity index (χ4n) is 3.40. The van der Waals surface area contributed by atoms with Crippen molar-refractivity contribution < 1.29 is 23.9 Å². The third-order valence-corrected chi connectivity index (χ3v) is 4.71. The Morgan fingerprint density at radius 1 is 1.29 bits per heavy atom. The number of piperidine rings is 1. The summed E-state index contributed by atoms with van der Waals surface area (Å²) in [7, 11) is 0. The van der Waals surface area contributed by atoms with Crippen molar-refractivity contribution in [1.82, 2.24) is 10.2 Å². The predicted octanol–water partition coefficient (Wildman–Crippen LogP) is 1.59. The van der Waals surface area contributed by atoms with Gasteiger partial charge < -0.3 is 15.0 Å². The Morgan fingerprint density at radius 3 is 2.64 bits per heavy atom. The molecule has 0 aromatic heterocycles. The maximum absolute atomic E-state index is 12.8. The van der Waals surface area contributed by atoms with Gasteiger partial charge in [-0.15, -0.1) is 0 Å². The molecule has 1 saturated heterocycles. The van der Waals surface area contributed by atoms with Gasteiger partial charge in [-0.05, 0) is 46.2 Å². The van der Waals surface area contributed by atoms with E-state index in [1.807, 2.05) is 0 Å². The largest absolute Gasteiger partial charge is 0.458 e. The minimum absolute atomic E-state index is 0.206. The van der Waals surface area contributed by atoms with Gasteiger partial charge in [0.25, 0.3) is 5.91 Å². The lowest BCUT2D eigenvalue weighted by molar-refractivity contribution is -0.155. The van der Waals surface area contributed by atoms with Crippen LogP contribution in [-0.4, -0.2) is 46.3 Å². The second kappa shape index (κ2) is 7.26. The van der Waals surface area contributed by atoms with Crippen LogP contribution in [0.3, 0.4) is 0 Å². The van der Waals surface area contributed by atoms with E-state index in [0.717, 1.165) is 5.56 Å². The van der Waals surface area contributed by atoms with Crippen molar-refractivity contribution in [2.75, 3.05) is 5.32 Å². The fourth-order valence-corrected chi connectivity index (χ4v) is 3.40. The summed E-state index contributed by atoms with van der Waals surface area (Å²) in [5, 5.41) is 5.41. The molecule has 2 unspecified atom stereocenters. The lowest BCUT2D eigenvalue weighted by Crippen LogP contribution is -2.52. The molecule has 0 aliphatic carbocycles. The molecular weight excluding hydrogens is 362 g/mol. The Labute approximate surface area is 163 Å². The van der Waals surface area contributed by atoms with E-state index in [4.69, 9.17) is 4.74 Å². The van der Waals surface area contributed by atoms with Crippen molar-refractivity contribution >= 4 is 29.4 Å². The van der Waals surface area contributed by atoms with Gasteiger partial charge in [-0.1, -0.05) is 6.07 Å². The maximum Gasteiger partial charge on any atom is 0.328 e. The predicted molar refractivity (Wildman–Crippen MR) is 101 cm³/mol. The molecule has 2 N–H and O–H groups in total. The van der Waals surface area contributed by atoms with Gasteiger partial charge in [0.2, 0.25) is 11.8 Å². The van der Waals surface area contributed by atoms with Crippen LogP contribution in [0.1, 0.15) is 56.5 Å². The summed E-state index contributed by atoms with van der Waals surface area (Å²) in [5.74, 6) is -1.41. The summed E-state index contributed by atoms with van der Waals surface area (Å²) in [6.07, 6.45) is 0.513. The van der Waals surface area contributed by atoms with Crippen LogP contribution in [0.15, 0.2) is 18.2 Å². The van der Waals surface area contributed by atoms with Crippen LogP contribution in [0, 0.1) is 0 Å². The number of benzene rings is 1. The number of nitrogens with zero attached hydrogens (tertiary/aromatic N) is 1. The molecule has 1 aromatic carbocycles. The average Bonchev–Trinajstić information content (AvgIpc) is 2.91. The van der Waals surface area contributed by atoms with Crippen molar-refractivity contribution in [3.8, 4) is 0 Å². The average molecular weight is 387 g/mol. The lowest BCUT2D eigenvalue weighted by atomic mass is 10.0. The Bertz CT molecular complexity index is 843. The molecule has 2 heterocycles. The second-order valence-electron chi connectivity index (χ2n) is 8.13. The van der Waals surface area contributed by atoms with E-state index in [2.05, 4.69) is 10.6 Å². The Morgan fingerprint density at radius 2 is 2.00 bits per heavy atom. The Kier molecular flexibility index (Phi) is 5.14. The Balaban J connectivity index is 1.78. The van der Waals surface area contributed by atoms with Gasteiger partial charge in [0.05, 0.1) is 0 Å². The Hall–Kier alpha value is -2.90. The highest BCUT2D eigenvalue weighted by molar-refractivity contribution is 6.06.